The first-order chi connectivity index (χ1) is 37.1. The molecule has 0 aliphatic carbocycles. The Morgan fingerprint density at radius 2 is 1.00 bits per heavy atom. The summed E-state index contributed by atoms with van der Waals surface area (Å²) in [4.78, 5) is 74.4. The predicted octanol–water partition coefficient (Wildman–Crippen LogP) is 12.6. The number of rotatable bonds is 12. The predicted molar refractivity (Wildman–Crippen MR) is 302 cm³/mol. The van der Waals surface area contributed by atoms with Crippen molar-refractivity contribution in [2.75, 3.05) is 0 Å². The molecule has 3 saturated heterocycles. The highest BCUT2D eigenvalue weighted by Gasteiger charge is 2.44. The van der Waals surface area contributed by atoms with Crippen molar-refractivity contribution in [3.8, 4) is 33.4 Å². The minimum atomic E-state index is -1.30. The summed E-state index contributed by atoms with van der Waals surface area (Å²) in [5.74, 6) is -3.71. The number of ether oxygens (including phenoxy) is 4. The van der Waals surface area contributed by atoms with Crippen molar-refractivity contribution in [3.63, 3.8) is 0 Å². The Morgan fingerprint density at radius 3 is 1.42 bits per heavy atom. The average Bonchev–Trinajstić information content (AvgIpc) is 3.99. The SMILES string of the molecule is CC(C)(C)OC(=O)N1C(=O)CC[C@H]1Cc1ccc(-c2ccccc2)cc1.CC(C)(C)OC(=O)N[C@H](Cc1ccc(-c2ccccc2)cc1)CC1C(=O)OC(C)(C)OC1=O.O=C1CC[C@@H](Cc2ccc(-c3ccccc3)cc2)N1. The molecule has 0 unspecified atom stereocenters. The molecule has 0 spiro atoms. The van der Waals surface area contributed by atoms with Crippen LogP contribution in [0, 0.1) is 5.92 Å². The van der Waals surface area contributed by atoms with Gasteiger partial charge in [-0.15, -0.1) is 0 Å². The molecular formula is C65H73N3O10. The molecule has 408 valence electrons. The second-order valence-corrected chi connectivity index (χ2v) is 22.4. The highest BCUT2D eigenvalue weighted by Crippen LogP contribution is 2.30. The van der Waals surface area contributed by atoms with Crippen LogP contribution >= 0.6 is 0 Å². The van der Waals surface area contributed by atoms with E-state index in [1.54, 1.807) is 20.8 Å². The highest BCUT2D eigenvalue weighted by molar-refractivity contribution is 5.97. The van der Waals surface area contributed by atoms with Crippen LogP contribution in [0.2, 0.25) is 0 Å². The van der Waals surface area contributed by atoms with Crippen LogP contribution in [0.25, 0.3) is 33.4 Å². The van der Waals surface area contributed by atoms with Crippen molar-refractivity contribution in [2.24, 2.45) is 5.92 Å². The van der Waals surface area contributed by atoms with Crippen LogP contribution in [-0.4, -0.2) is 76.0 Å². The van der Waals surface area contributed by atoms with Gasteiger partial charge in [0, 0.05) is 44.8 Å². The van der Waals surface area contributed by atoms with Gasteiger partial charge >= 0.3 is 24.1 Å². The quantitative estimate of drug-likeness (QED) is 0.0684. The molecule has 6 aromatic carbocycles. The van der Waals surface area contributed by atoms with Gasteiger partial charge in [-0.25, -0.2) is 14.5 Å². The molecule has 0 bridgehead atoms. The zero-order chi connectivity index (χ0) is 56.0. The second-order valence-electron chi connectivity index (χ2n) is 22.4. The maximum atomic E-state index is 12.5. The maximum absolute atomic E-state index is 12.5. The lowest BCUT2D eigenvalue weighted by Gasteiger charge is -2.34. The lowest BCUT2D eigenvalue weighted by molar-refractivity contribution is -0.240. The van der Waals surface area contributed by atoms with Gasteiger partial charge in [-0.05, 0) is 130 Å². The van der Waals surface area contributed by atoms with Crippen LogP contribution in [0.3, 0.4) is 0 Å². The maximum Gasteiger partial charge on any atom is 0.417 e. The van der Waals surface area contributed by atoms with E-state index in [9.17, 15) is 28.8 Å². The number of alkyl carbamates (subject to hydrolysis) is 1. The van der Waals surface area contributed by atoms with Crippen LogP contribution in [0.1, 0.15) is 104 Å². The number of imide groups is 1. The molecule has 9 rings (SSSR count). The van der Waals surface area contributed by atoms with Gasteiger partial charge in [0.1, 0.15) is 11.2 Å². The van der Waals surface area contributed by atoms with Crippen LogP contribution < -0.4 is 10.6 Å². The summed E-state index contributed by atoms with van der Waals surface area (Å²) in [5.41, 5.74) is 9.01. The molecule has 3 heterocycles. The molecule has 4 amide bonds. The highest BCUT2D eigenvalue weighted by atomic mass is 16.7. The third-order valence-electron chi connectivity index (χ3n) is 13.1. The van der Waals surface area contributed by atoms with Gasteiger partial charge in [-0.3, -0.25) is 19.2 Å². The first-order valence-corrected chi connectivity index (χ1v) is 26.8. The van der Waals surface area contributed by atoms with Gasteiger partial charge in [0.05, 0.1) is 0 Å². The number of hydrogen-bond acceptors (Lipinski definition) is 10. The van der Waals surface area contributed by atoms with Gasteiger partial charge in [0.15, 0.2) is 5.92 Å². The molecule has 3 atom stereocenters. The Bertz CT molecular complexity index is 2950. The van der Waals surface area contributed by atoms with E-state index in [1.165, 1.54) is 41.0 Å². The number of nitrogens with one attached hydrogen (secondary N) is 2. The average molecular weight is 1060 g/mol. The fourth-order valence-corrected chi connectivity index (χ4v) is 9.45. The molecule has 0 radical (unpaired) electrons. The summed E-state index contributed by atoms with van der Waals surface area (Å²) in [6, 6.07) is 55.0. The van der Waals surface area contributed by atoms with Crippen molar-refractivity contribution < 1.29 is 47.7 Å². The number of amides is 4. The smallest absolute Gasteiger partial charge is 0.417 e. The van der Waals surface area contributed by atoms with Crippen molar-refractivity contribution in [1.82, 2.24) is 15.5 Å². The first kappa shape index (κ1) is 57.6. The number of hydrogen-bond donors (Lipinski definition) is 2. The molecule has 3 fully saturated rings. The minimum absolute atomic E-state index is 0.0351. The number of benzene rings is 6. The third kappa shape index (κ3) is 17.5. The van der Waals surface area contributed by atoms with E-state index in [2.05, 4.69) is 95.6 Å². The number of carbonyl (C=O) groups excluding carboxylic acids is 6. The fourth-order valence-electron chi connectivity index (χ4n) is 9.45. The fraction of sp³-hybridized carbons (Fsp3) is 0.354. The van der Waals surface area contributed by atoms with Crippen molar-refractivity contribution >= 4 is 35.9 Å². The number of nitrogens with zero attached hydrogens (tertiary/aromatic N) is 1. The largest absolute Gasteiger partial charge is 0.444 e. The zero-order valence-electron chi connectivity index (χ0n) is 46.1. The molecule has 3 aliphatic heterocycles. The standard InChI is InChI=1S/C26H31NO6.C22H25NO3.C17H17NO/c1-25(2,3)33-24(30)27-20(16-21-22(28)31-26(4,5)32-23(21)29)15-17-11-13-19(14-12-17)18-9-7-6-8-10-18;1-22(2,3)26-21(25)23-19(13-14-20(23)24)15-16-9-11-18(12-10-16)17-7-5-4-6-8-17;19-17-11-10-16(18-17)12-13-6-8-15(9-7-13)14-4-2-1-3-5-14/h6-14,20-21H,15-16H2,1-5H3,(H,27,30);4-12,19H,13-15H2,1-3H3;1-9,16H,10-12H2,(H,18,19)/t20-;19-;16-/m100/s1. The van der Waals surface area contributed by atoms with Gasteiger partial charge < -0.3 is 29.6 Å². The van der Waals surface area contributed by atoms with Crippen LogP contribution in [-0.2, 0) is 57.4 Å². The summed E-state index contributed by atoms with van der Waals surface area (Å²) in [7, 11) is 0. The zero-order valence-corrected chi connectivity index (χ0v) is 46.1. The summed E-state index contributed by atoms with van der Waals surface area (Å²) in [6.07, 6.45) is 3.57. The summed E-state index contributed by atoms with van der Waals surface area (Å²) in [5, 5.41) is 5.81. The van der Waals surface area contributed by atoms with E-state index < -0.39 is 53.1 Å². The van der Waals surface area contributed by atoms with Gasteiger partial charge in [-0.2, -0.15) is 0 Å². The van der Waals surface area contributed by atoms with Crippen LogP contribution in [0.15, 0.2) is 164 Å². The Morgan fingerprint density at radius 1 is 0.577 bits per heavy atom. The Kier molecular flexibility index (Phi) is 19.1. The number of carbonyl (C=O) groups is 6. The van der Waals surface area contributed by atoms with E-state index in [-0.39, 0.29) is 24.3 Å². The minimum Gasteiger partial charge on any atom is -0.444 e. The van der Waals surface area contributed by atoms with Crippen LogP contribution in [0.4, 0.5) is 9.59 Å². The molecular weight excluding hydrogens is 983 g/mol. The lowest BCUT2D eigenvalue weighted by atomic mass is 9.93. The van der Waals surface area contributed by atoms with Crippen LogP contribution in [0.5, 0.6) is 0 Å². The van der Waals surface area contributed by atoms with Gasteiger partial charge in [-0.1, -0.05) is 164 Å². The molecule has 3 aliphatic rings. The van der Waals surface area contributed by atoms with Crippen molar-refractivity contribution in [2.45, 2.75) is 142 Å². The van der Waals surface area contributed by atoms with E-state index >= 15 is 0 Å². The van der Waals surface area contributed by atoms with Gasteiger partial charge in [0.2, 0.25) is 11.8 Å². The molecule has 6 aromatic rings. The molecule has 0 aromatic heterocycles. The monoisotopic (exact) mass is 1060 g/mol. The topological polar surface area (TPSA) is 167 Å². The number of likely N-dealkylation sites (tertiary alicyclic amines) is 1. The van der Waals surface area contributed by atoms with E-state index in [4.69, 9.17) is 18.9 Å². The third-order valence-corrected chi connectivity index (χ3v) is 13.1. The number of esters is 2. The molecule has 78 heavy (non-hydrogen) atoms. The molecule has 13 heteroatoms. The molecule has 2 N–H and O–H groups in total. The summed E-state index contributed by atoms with van der Waals surface area (Å²) >= 11 is 0. The second kappa shape index (κ2) is 25.9. The van der Waals surface area contributed by atoms with E-state index in [1.807, 2.05) is 99.6 Å². The van der Waals surface area contributed by atoms with Gasteiger partial charge in [0.25, 0.3) is 5.79 Å². The summed E-state index contributed by atoms with van der Waals surface area (Å²) in [6.45, 7) is 13.7. The Balaban J connectivity index is 0.000000176. The molecule has 0 saturated carbocycles. The van der Waals surface area contributed by atoms with E-state index in [0.29, 0.717) is 38.1 Å². The lowest BCUT2D eigenvalue weighted by Crippen LogP contribution is -2.49. The van der Waals surface area contributed by atoms with Crippen molar-refractivity contribution in [1.29, 1.82) is 0 Å². The first-order valence-electron chi connectivity index (χ1n) is 26.8. The summed E-state index contributed by atoms with van der Waals surface area (Å²) < 4.78 is 21.2. The van der Waals surface area contributed by atoms with E-state index in [0.717, 1.165) is 40.7 Å². The Labute approximate surface area is 459 Å². The normalized spacial score (nSPS) is 17.5. The number of cyclic esters (lactones) is 2. The Hall–Kier alpha value is -8.06. The molecule has 13 nitrogen and oxygen atoms in total. The van der Waals surface area contributed by atoms with Crippen molar-refractivity contribution in [3.05, 3.63) is 180 Å².